The summed E-state index contributed by atoms with van der Waals surface area (Å²) in [5.74, 6) is -2.00. The predicted octanol–water partition coefficient (Wildman–Crippen LogP) is 4.45. The normalized spacial score (nSPS) is 16.1. The highest BCUT2D eigenvalue weighted by Crippen LogP contribution is 2.33. The van der Waals surface area contributed by atoms with Crippen LogP contribution in [0.15, 0.2) is 42.5 Å². The van der Waals surface area contributed by atoms with Crippen molar-refractivity contribution in [3.63, 3.8) is 0 Å². The number of aromatic nitrogens is 2. The lowest BCUT2D eigenvalue weighted by Gasteiger charge is -2.29. The minimum Gasteiger partial charge on any atom is -0.382 e. The van der Waals surface area contributed by atoms with Gasteiger partial charge >= 0.3 is 0 Å². The van der Waals surface area contributed by atoms with Gasteiger partial charge in [-0.15, -0.1) is 0 Å². The van der Waals surface area contributed by atoms with Crippen molar-refractivity contribution in [2.24, 2.45) is 0 Å². The number of nitrogens with two attached hydrogens (primary N) is 1. The van der Waals surface area contributed by atoms with Gasteiger partial charge in [0.1, 0.15) is 17.2 Å². The summed E-state index contributed by atoms with van der Waals surface area (Å²) in [6.07, 6.45) is 3.74. The van der Waals surface area contributed by atoms with E-state index in [-0.39, 0.29) is 34.2 Å². The van der Waals surface area contributed by atoms with Crippen LogP contribution in [0.5, 0.6) is 0 Å². The molecule has 0 spiro atoms. The molecule has 180 valence electrons. The maximum Gasteiger partial charge on any atom is 0.251 e. The van der Waals surface area contributed by atoms with Crippen LogP contribution in [0.3, 0.4) is 0 Å². The average molecular weight is 476 g/mol. The quantitative estimate of drug-likeness (QED) is 0.582. The molecule has 3 aromatic rings. The molecule has 1 amide bonds. The van der Waals surface area contributed by atoms with Crippen molar-refractivity contribution in [1.82, 2.24) is 20.2 Å². The van der Waals surface area contributed by atoms with Crippen LogP contribution < -0.4 is 11.1 Å². The Hall–Kier alpha value is -3.65. The second-order valence-electron chi connectivity index (χ2n) is 9.24. The number of carbonyl (C=O) groups excluding carboxylic acids is 1. The van der Waals surface area contributed by atoms with Crippen LogP contribution in [0.1, 0.15) is 41.8 Å². The van der Waals surface area contributed by atoms with Crippen LogP contribution in [0.25, 0.3) is 28.1 Å². The highest BCUT2D eigenvalue weighted by atomic mass is 19.1. The molecule has 0 aliphatic carbocycles. The van der Waals surface area contributed by atoms with Crippen LogP contribution in [0.4, 0.5) is 14.6 Å². The van der Waals surface area contributed by atoms with E-state index in [0.29, 0.717) is 30.1 Å². The van der Waals surface area contributed by atoms with Gasteiger partial charge in [0.2, 0.25) is 5.95 Å². The van der Waals surface area contributed by atoms with Gasteiger partial charge < -0.3 is 11.1 Å². The summed E-state index contributed by atoms with van der Waals surface area (Å²) in [4.78, 5) is 22.7. The molecule has 6 nitrogen and oxygen atoms in total. The Morgan fingerprint density at radius 3 is 2.43 bits per heavy atom. The van der Waals surface area contributed by atoms with Crippen molar-refractivity contribution in [3.8, 4) is 22.5 Å². The number of amides is 1. The van der Waals surface area contributed by atoms with Gasteiger partial charge in [0.05, 0.1) is 0 Å². The summed E-state index contributed by atoms with van der Waals surface area (Å²) < 4.78 is 29.8. The number of hydrogen-bond donors (Lipinski definition) is 2. The fraction of sp³-hybridized carbons (Fsp3) is 0.296. The molecular weight excluding hydrogens is 448 g/mol. The molecule has 3 heterocycles. The fourth-order valence-electron chi connectivity index (χ4n) is 4.69. The molecule has 0 unspecified atom stereocenters. The van der Waals surface area contributed by atoms with E-state index in [1.54, 1.807) is 18.2 Å². The van der Waals surface area contributed by atoms with E-state index in [1.807, 2.05) is 12.1 Å². The van der Waals surface area contributed by atoms with Crippen molar-refractivity contribution in [3.05, 3.63) is 70.9 Å². The second kappa shape index (κ2) is 9.19. The number of carbonyl (C=O) groups is 1. The molecule has 2 aliphatic heterocycles. The molecule has 1 aromatic heterocycles. The van der Waals surface area contributed by atoms with Crippen LogP contribution in [0.2, 0.25) is 0 Å². The molecule has 2 aromatic carbocycles. The largest absolute Gasteiger partial charge is 0.382 e. The number of nitrogens with zero attached hydrogens (tertiary/aromatic N) is 3. The van der Waals surface area contributed by atoms with Crippen molar-refractivity contribution < 1.29 is 13.6 Å². The third-order valence-electron chi connectivity index (χ3n) is 6.75. The van der Waals surface area contributed by atoms with Gasteiger partial charge in [-0.2, -0.15) is 9.37 Å². The van der Waals surface area contributed by atoms with Crippen LogP contribution in [0, 0.1) is 11.8 Å². The topological polar surface area (TPSA) is 84.1 Å². The highest BCUT2D eigenvalue weighted by molar-refractivity contribution is 5.97. The Morgan fingerprint density at radius 1 is 1.00 bits per heavy atom. The lowest BCUT2D eigenvalue weighted by Crippen LogP contribution is -2.34. The smallest absolute Gasteiger partial charge is 0.251 e. The molecule has 3 N–H and O–H groups in total. The molecule has 2 aliphatic rings. The predicted molar refractivity (Wildman–Crippen MR) is 133 cm³/mol. The van der Waals surface area contributed by atoms with E-state index < -0.39 is 11.8 Å². The second-order valence-corrected chi connectivity index (χ2v) is 9.24. The molecule has 5 rings (SSSR count). The van der Waals surface area contributed by atoms with Crippen molar-refractivity contribution >= 4 is 17.3 Å². The van der Waals surface area contributed by atoms with Crippen molar-refractivity contribution in [2.45, 2.75) is 32.7 Å². The third kappa shape index (κ3) is 4.41. The standard InChI is InChI=1S/C27H27F2N5O/c1-15(2)34-11-8-17(9-12-34)16-3-5-18(6-4-16)23-25(29)33-26(30)24(32-23)21-13-19-7-10-31-27(35)20(19)14-22(21)28/h3-6,8,13-15H,7,9-12H2,1-2H3,(H2,30,33)(H,31,35). The van der Waals surface area contributed by atoms with Gasteiger partial charge in [0.15, 0.2) is 5.82 Å². The molecule has 0 radical (unpaired) electrons. The van der Waals surface area contributed by atoms with E-state index in [1.165, 1.54) is 11.6 Å². The van der Waals surface area contributed by atoms with Crippen LogP contribution in [-0.4, -0.2) is 46.5 Å². The van der Waals surface area contributed by atoms with Gasteiger partial charge in [0.25, 0.3) is 5.91 Å². The molecule has 0 fully saturated rings. The lowest BCUT2D eigenvalue weighted by molar-refractivity contribution is 0.0945. The summed E-state index contributed by atoms with van der Waals surface area (Å²) in [6.45, 7) is 6.75. The summed E-state index contributed by atoms with van der Waals surface area (Å²) in [5, 5.41) is 2.70. The van der Waals surface area contributed by atoms with E-state index in [2.05, 4.69) is 40.1 Å². The summed E-state index contributed by atoms with van der Waals surface area (Å²) >= 11 is 0. The zero-order chi connectivity index (χ0) is 24.7. The molecule has 0 bridgehead atoms. The van der Waals surface area contributed by atoms with Crippen LogP contribution >= 0.6 is 0 Å². The lowest BCUT2D eigenvalue weighted by atomic mass is 9.95. The van der Waals surface area contributed by atoms with Gasteiger partial charge in [-0.25, -0.2) is 9.37 Å². The Labute approximate surface area is 202 Å². The zero-order valence-electron chi connectivity index (χ0n) is 19.7. The number of fused-ring (bicyclic) bond motifs is 1. The first-order valence-corrected chi connectivity index (χ1v) is 11.8. The Kier molecular flexibility index (Phi) is 6.06. The van der Waals surface area contributed by atoms with Gasteiger partial charge in [-0.1, -0.05) is 30.3 Å². The first-order chi connectivity index (χ1) is 16.8. The summed E-state index contributed by atoms with van der Waals surface area (Å²) in [6, 6.07) is 10.7. The molecule has 0 saturated carbocycles. The third-order valence-corrected chi connectivity index (χ3v) is 6.75. The van der Waals surface area contributed by atoms with E-state index in [4.69, 9.17) is 5.73 Å². The summed E-state index contributed by atoms with van der Waals surface area (Å²) in [7, 11) is 0. The van der Waals surface area contributed by atoms with Crippen molar-refractivity contribution in [1.29, 1.82) is 0 Å². The number of benzene rings is 2. The number of hydrogen-bond acceptors (Lipinski definition) is 5. The number of rotatable bonds is 4. The highest BCUT2D eigenvalue weighted by Gasteiger charge is 2.23. The summed E-state index contributed by atoms with van der Waals surface area (Å²) in [5.41, 5.74) is 9.96. The number of nitrogen functional groups attached to an aromatic ring is 1. The van der Waals surface area contributed by atoms with Gasteiger partial charge in [-0.3, -0.25) is 9.69 Å². The average Bonchev–Trinajstić information content (AvgIpc) is 2.85. The minimum absolute atomic E-state index is 0.000722. The van der Waals surface area contributed by atoms with E-state index in [9.17, 15) is 13.6 Å². The monoisotopic (exact) mass is 475 g/mol. The van der Waals surface area contributed by atoms with E-state index in [0.717, 1.165) is 25.1 Å². The maximum absolute atomic E-state index is 15.0. The molecule has 35 heavy (non-hydrogen) atoms. The van der Waals surface area contributed by atoms with Crippen LogP contribution in [-0.2, 0) is 6.42 Å². The fourth-order valence-corrected chi connectivity index (χ4v) is 4.69. The zero-order valence-corrected chi connectivity index (χ0v) is 19.7. The van der Waals surface area contributed by atoms with Gasteiger partial charge in [0, 0.05) is 42.4 Å². The first kappa shape index (κ1) is 23.1. The Morgan fingerprint density at radius 2 is 1.74 bits per heavy atom. The minimum atomic E-state index is -0.818. The Balaban J connectivity index is 1.48. The number of halogens is 2. The SMILES string of the molecule is CC(C)N1CC=C(c2ccc(-c3nc(-c4cc5c(cc4F)C(=O)NCC5)c(N)nc3F)cc2)CC1. The van der Waals surface area contributed by atoms with Crippen molar-refractivity contribution in [2.75, 3.05) is 25.4 Å². The maximum atomic E-state index is 15.0. The number of anilines is 1. The molecule has 8 heteroatoms. The molecule has 0 atom stereocenters. The first-order valence-electron chi connectivity index (χ1n) is 11.8. The van der Waals surface area contributed by atoms with Gasteiger partial charge in [-0.05, 0) is 55.5 Å². The molecular formula is C27H27F2N5O. The number of nitrogens with one attached hydrogen (secondary N) is 1. The van der Waals surface area contributed by atoms with E-state index >= 15 is 0 Å². The molecule has 0 saturated heterocycles. The Bertz CT molecular complexity index is 1330.